The first-order valence-electron chi connectivity index (χ1n) is 9.62. The molecule has 0 spiro atoms. The lowest BCUT2D eigenvalue weighted by Gasteiger charge is -2.15. The van der Waals surface area contributed by atoms with Gasteiger partial charge >= 0.3 is 0 Å². The average molecular weight is 405 g/mol. The number of benzene rings is 2. The summed E-state index contributed by atoms with van der Waals surface area (Å²) in [6.45, 7) is 2.08. The third-order valence-corrected chi connectivity index (χ3v) is 5.17. The molecule has 0 radical (unpaired) electrons. The normalized spacial score (nSPS) is 13.8. The summed E-state index contributed by atoms with van der Waals surface area (Å²) in [5, 5.41) is 12.2. The number of carbonyl (C=O) groups excluding carboxylic acids is 1. The SMILES string of the molecule is O=C(/C=C/c1ccccc1Cl)Nc1cccc(-c2ccc(N3CCCC3)nn2)c1. The Morgan fingerprint density at radius 1 is 1.00 bits per heavy atom. The van der Waals surface area contributed by atoms with Crippen molar-refractivity contribution >= 4 is 35.1 Å². The number of rotatable bonds is 5. The molecular weight excluding hydrogens is 384 g/mol. The Bertz CT molecular complexity index is 1030. The Kier molecular flexibility index (Phi) is 5.86. The summed E-state index contributed by atoms with van der Waals surface area (Å²) in [6.07, 6.45) is 5.58. The minimum Gasteiger partial charge on any atom is -0.355 e. The molecule has 3 aromatic rings. The summed E-state index contributed by atoms with van der Waals surface area (Å²) in [5.41, 5.74) is 3.17. The summed E-state index contributed by atoms with van der Waals surface area (Å²) in [5.74, 6) is 0.693. The zero-order valence-electron chi connectivity index (χ0n) is 15.9. The summed E-state index contributed by atoms with van der Waals surface area (Å²) >= 11 is 6.11. The summed E-state index contributed by atoms with van der Waals surface area (Å²) < 4.78 is 0. The maximum Gasteiger partial charge on any atom is 0.248 e. The van der Waals surface area contributed by atoms with E-state index in [2.05, 4.69) is 20.4 Å². The van der Waals surface area contributed by atoms with E-state index in [1.54, 1.807) is 12.1 Å². The fraction of sp³-hybridized carbons (Fsp3) is 0.174. The quantitative estimate of drug-likeness (QED) is 0.604. The Hall–Kier alpha value is -3.18. The van der Waals surface area contributed by atoms with Gasteiger partial charge in [-0.1, -0.05) is 41.9 Å². The molecule has 1 fully saturated rings. The largest absolute Gasteiger partial charge is 0.355 e. The second kappa shape index (κ2) is 8.88. The van der Waals surface area contributed by atoms with Crippen LogP contribution in [-0.4, -0.2) is 29.2 Å². The Morgan fingerprint density at radius 2 is 1.83 bits per heavy atom. The van der Waals surface area contributed by atoms with Crippen molar-refractivity contribution in [2.45, 2.75) is 12.8 Å². The van der Waals surface area contributed by atoms with Gasteiger partial charge in [0.15, 0.2) is 5.82 Å². The highest BCUT2D eigenvalue weighted by Gasteiger charge is 2.14. The number of hydrogen-bond acceptors (Lipinski definition) is 4. The monoisotopic (exact) mass is 404 g/mol. The minimum absolute atomic E-state index is 0.225. The fourth-order valence-corrected chi connectivity index (χ4v) is 3.51. The van der Waals surface area contributed by atoms with E-state index in [1.807, 2.05) is 54.6 Å². The van der Waals surface area contributed by atoms with Crippen molar-refractivity contribution in [3.63, 3.8) is 0 Å². The number of halogens is 1. The van der Waals surface area contributed by atoms with Crippen LogP contribution in [0.3, 0.4) is 0 Å². The number of nitrogens with one attached hydrogen (secondary N) is 1. The number of amides is 1. The van der Waals surface area contributed by atoms with Gasteiger partial charge < -0.3 is 10.2 Å². The molecule has 4 rings (SSSR count). The first kappa shape index (κ1) is 19.2. The molecule has 29 heavy (non-hydrogen) atoms. The molecule has 2 aromatic carbocycles. The highest BCUT2D eigenvalue weighted by molar-refractivity contribution is 6.32. The zero-order chi connectivity index (χ0) is 20.1. The van der Waals surface area contributed by atoms with E-state index in [-0.39, 0.29) is 5.91 Å². The molecule has 1 N–H and O–H groups in total. The predicted molar refractivity (Wildman–Crippen MR) is 118 cm³/mol. The van der Waals surface area contributed by atoms with Crippen LogP contribution < -0.4 is 10.2 Å². The molecule has 6 heteroatoms. The highest BCUT2D eigenvalue weighted by Crippen LogP contribution is 2.23. The Labute approximate surface area is 175 Å². The van der Waals surface area contributed by atoms with Crippen LogP contribution >= 0.6 is 11.6 Å². The molecule has 0 bridgehead atoms. The molecule has 1 aliphatic heterocycles. The van der Waals surface area contributed by atoms with E-state index in [4.69, 9.17) is 11.6 Å². The van der Waals surface area contributed by atoms with E-state index in [0.29, 0.717) is 10.7 Å². The van der Waals surface area contributed by atoms with Crippen LogP contribution in [0.2, 0.25) is 5.02 Å². The van der Waals surface area contributed by atoms with Gasteiger partial charge in [0.05, 0.1) is 5.69 Å². The van der Waals surface area contributed by atoms with Crippen molar-refractivity contribution < 1.29 is 4.79 Å². The average Bonchev–Trinajstić information content (AvgIpc) is 3.28. The first-order chi connectivity index (χ1) is 14.2. The van der Waals surface area contributed by atoms with Crippen LogP contribution in [0.25, 0.3) is 17.3 Å². The molecule has 0 unspecified atom stereocenters. The number of nitrogens with zero attached hydrogens (tertiary/aromatic N) is 3. The van der Waals surface area contributed by atoms with E-state index in [1.165, 1.54) is 18.9 Å². The number of hydrogen-bond donors (Lipinski definition) is 1. The summed E-state index contributed by atoms with van der Waals surface area (Å²) in [6, 6.07) is 18.9. The second-order valence-electron chi connectivity index (χ2n) is 6.90. The Morgan fingerprint density at radius 3 is 2.59 bits per heavy atom. The van der Waals surface area contributed by atoms with Gasteiger partial charge in [-0.2, -0.15) is 0 Å². The molecule has 1 saturated heterocycles. The van der Waals surface area contributed by atoms with Crippen LogP contribution in [-0.2, 0) is 4.79 Å². The molecule has 1 aromatic heterocycles. The molecule has 1 amide bonds. The van der Waals surface area contributed by atoms with Gasteiger partial charge in [0.25, 0.3) is 0 Å². The first-order valence-corrected chi connectivity index (χ1v) is 9.99. The smallest absolute Gasteiger partial charge is 0.248 e. The van der Waals surface area contributed by atoms with Crippen LogP contribution in [0.15, 0.2) is 66.7 Å². The fourth-order valence-electron chi connectivity index (χ4n) is 3.31. The standard InChI is InChI=1S/C23H21ClN4O/c24-20-9-2-1-6-17(20)10-13-23(29)25-19-8-5-7-18(16-19)21-11-12-22(27-26-21)28-14-3-4-15-28/h1-2,5-13,16H,3-4,14-15H2,(H,25,29)/b13-10+. The number of carbonyl (C=O) groups is 1. The van der Waals surface area contributed by atoms with Gasteiger partial charge in [-0.3, -0.25) is 4.79 Å². The minimum atomic E-state index is -0.225. The molecule has 0 saturated carbocycles. The molecule has 146 valence electrons. The summed E-state index contributed by atoms with van der Waals surface area (Å²) in [4.78, 5) is 14.5. The van der Waals surface area contributed by atoms with Crippen LogP contribution in [0, 0.1) is 0 Å². The van der Waals surface area contributed by atoms with Gasteiger partial charge in [-0.25, -0.2) is 0 Å². The third-order valence-electron chi connectivity index (χ3n) is 4.83. The van der Waals surface area contributed by atoms with Crippen molar-refractivity contribution in [1.29, 1.82) is 0 Å². The van der Waals surface area contributed by atoms with E-state index in [0.717, 1.165) is 35.7 Å². The maximum atomic E-state index is 12.3. The van der Waals surface area contributed by atoms with E-state index < -0.39 is 0 Å². The van der Waals surface area contributed by atoms with E-state index >= 15 is 0 Å². The lowest BCUT2D eigenvalue weighted by Crippen LogP contribution is -2.19. The van der Waals surface area contributed by atoms with Gasteiger partial charge in [0.2, 0.25) is 5.91 Å². The molecule has 1 aliphatic rings. The third kappa shape index (κ3) is 4.81. The van der Waals surface area contributed by atoms with Gasteiger partial charge in [0.1, 0.15) is 0 Å². The van der Waals surface area contributed by atoms with Gasteiger partial charge in [-0.05, 0) is 54.8 Å². The zero-order valence-corrected chi connectivity index (χ0v) is 16.6. The summed E-state index contributed by atoms with van der Waals surface area (Å²) in [7, 11) is 0. The lowest BCUT2D eigenvalue weighted by molar-refractivity contribution is -0.111. The van der Waals surface area contributed by atoms with Gasteiger partial charge in [-0.15, -0.1) is 10.2 Å². The molecule has 5 nitrogen and oxygen atoms in total. The lowest BCUT2D eigenvalue weighted by atomic mass is 10.1. The molecule has 2 heterocycles. The predicted octanol–water partition coefficient (Wildman–Crippen LogP) is 5.05. The number of anilines is 2. The molecular formula is C23H21ClN4O. The second-order valence-corrected chi connectivity index (χ2v) is 7.30. The molecule has 0 aliphatic carbocycles. The molecule has 0 atom stereocenters. The topological polar surface area (TPSA) is 58.1 Å². The Balaban J connectivity index is 1.44. The van der Waals surface area contributed by atoms with E-state index in [9.17, 15) is 4.79 Å². The van der Waals surface area contributed by atoms with Crippen molar-refractivity contribution in [3.05, 3.63) is 77.3 Å². The number of aromatic nitrogens is 2. The van der Waals surface area contributed by atoms with Crippen molar-refractivity contribution in [3.8, 4) is 11.3 Å². The van der Waals surface area contributed by atoms with Gasteiger partial charge in [0, 0.05) is 35.4 Å². The highest BCUT2D eigenvalue weighted by atomic mass is 35.5. The maximum absolute atomic E-state index is 12.3. The van der Waals surface area contributed by atoms with Crippen LogP contribution in [0.1, 0.15) is 18.4 Å². The van der Waals surface area contributed by atoms with Crippen LogP contribution in [0.4, 0.5) is 11.5 Å². The van der Waals surface area contributed by atoms with Crippen molar-refractivity contribution in [1.82, 2.24) is 10.2 Å². The van der Waals surface area contributed by atoms with Crippen molar-refractivity contribution in [2.75, 3.05) is 23.3 Å². The van der Waals surface area contributed by atoms with Crippen molar-refractivity contribution in [2.24, 2.45) is 0 Å². The van der Waals surface area contributed by atoms with Crippen LogP contribution in [0.5, 0.6) is 0 Å².